The topological polar surface area (TPSA) is 75.5 Å². The van der Waals surface area contributed by atoms with Crippen molar-refractivity contribution in [2.24, 2.45) is 5.92 Å². The summed E-state index contributed by atoms with van der Waals surface area (Å²) in [5, 5.41) is 6.11. The van der Waals surface area contributed by atoms with Gasteiger partial charge in [-0.15, -0.1) is 0 Å². The van der Waals surface area contributed by atoms with E-state index in [9.17, 15) is 9.59 Å². The van der Waals surface area contributed by atoms with Crippen molar-refractivity contribution in [3.63, 3.8) is 0 Å². The van der Waals surface area contributed by atoms with E-state index in [-0.39, 0.29) is 17.4 Å². The molecule has 0 spiro atoms. The van der Waals surface area contributed by atoms with Crippen molar-refractivity contribution < 1.29 is 9.59 Å². The molecule has 2 heterocycles. The standard InChI is InChI=1S/C19H19ClN4O2/c1-12(2)11-21-18(25)16-15-8-3-4-9-24(15)17(23-16)19(26)22-14-7-5-6-13(20)10-14/h3-10,12H,11H2,1-2H3,(H,21,25)(H,22,26). The molecule has 3 aromatic rings. The van der Waals surface area contributed by atoms with Gasteiger partial charge in [-0.1, -0.05) is 37.6 Å². The molecule has 0 saturated carbocycles. The van der Waals surface area contributed by atoms with E-state index in [1.807, 2.05) is 13.8 Å². The largest absolute Gasteiger partial charge is 0.350 e. The summed E-state index contributed by atoms with van der Waals surface area (Å²) in [5.74, 6) is -0.269. The van der Waals surface area contributed by atoms with Crippen molar-refractivity contribution >= 4 is 34.6 Å². The third-order valence-corrected chi connectivity index (χ3v) is 3.96. The molecule has 7 heteroatoms. The number of halogens is 1. The molecule has 0 atom stereocenters. The van der Waals surface area contributed by atoms with Gasteiger partial charge in [0.1, 0.15) is 0 Å². The Morgan fingerprint density at radius 3 is 2.69 bits per heavy atom. The van der Waals surface area contributed by atoms with E-state index in [1.165, 1.54) is 0 Å². The molecule has 0 saturated heterocycles. The van der Waals surface area contributed by atoms with Crippen LogP contribution in [0.4, 0.5) is 5.69 Å². The van der Waals surface area contributed by atoms with Crippen LogP contribution in [0.1, 0.15) is 35.0 Å². The van der Waals surface area contributed by atoms with Crippen LogP contribution < -0.4 is 10.6 Å². The van der Waals surface area contributed by atoms with Crippen LogP contribution in [0.3, 0.4) is 0 Å². The fraction of sp³-hybridized carbons (Fsp3) is 0.211. The number of pyridine rings is 1. The summed E-state index contributed by atoms with van der Waals surface area (Å²) < 4.78 is 1.60. The second-order valence-electron chi connectivity index (χ2n) is 6.31. The first-order valence-corrected chi connectivity index (χ1v) is 8.65. The van der Waals surface area contributed by atoms with E-state index >= 15 is 0 Å². The number of nitrogens with zero attached hydrogens (tertiary/aromatic N) is 2. The van der Waals surface area contributed by atoms with Crippen LogP contribution in [0.2, 0.25) is 5.02 Å². The third kappa shape index (κ3) is 3.86. The van der Waals surface area contributed by atoms with E-state index < -0.39 is 5.91 Å². The normalized spacial score (nSPS) is 10.9. The summed E-state index contributed by atoms with van der Waals surface area (Å²) in [4.78, 5) is 29.4. The molecule has 2 aromatic heterocycles. The Morgan fingerprint density at radius 2 is 1.96 bits per heavy atom. The molecule has 26 heavy (non-hydrogen) atoms. The smallest absolute Gasteiger partial charge is 0.292 e. The zero-order valence-corrected chi connectivity index (χ0v) is 15.2. The summed E-state index contributed by atoms with van der Waals surface area (Å²) >= 11 is 5.95. The lowest BCUT2D eigenvalue weighted by molar-refractivity contribution is 0.0946. The number of anilines is 1. The van der Waals surface area contributed by atoms with Crippen LogP contribution in [-0.4, -0.2) is 27.7 Å². The van der Waals surface area contributed by atoms with Gasteiger partial charge in [-0.25, -0.2) is 4.98 Å². The molecule has 2 N–H and O–H groups in total. The van der Waals surface area contributed by atoms with Gasteiger partial charge in [0.2, 0.25) is 5.82 Å². The third-order valence-electron chi connectivity index (χ3n) is 3.72. The number of carbonyl (C=O) groups is 2. The number of carbonyl (C=O) groups excluding carboxylic acids is 2. The summed E-state index contributed by atoms with van der Waals surface area (Å²) in [5.41, 5.74) is 1.36. The number of aromatic nitrogens is 2. The maximum atomic E-state index is 12.7. The lowest BCUT2D eigenvalue weighted by Crippen LogP contribution is -2.27. The molecule has 0 radical (unpaired) electrons. The number of imidazole rings is 1. The van der Waals surface area contributed by atoms with Gasteiger partial charge in [0.15, 0.2) is 5.69 Å². The molecule has 3 rings (SSSR count). The Hall–Kier alpha value is -2.86. The predicted octanol–water partition coefficient (Wildman–Crippen LogP) is 3.63. The van der Waals surface area contributed by atoms with Gasteiger partial charge in [0.25, 0.3) is 11.8 Å². The van der Waals surface area contributed by atoms with Crippen molar-refractivity contribution in [3.8, 4) is 0 Å². The van der Waals surface area contributed by atoms with Crippen LogP contribution in [0.5, 0.6) is 0 Å². The molecule has 1 aromatic carbocycles. The monoisotopic (exact) mass is 370 g/mol. The van der Waals surface area contributed by atoms with Gasteiger partial charge in [0, 0.05) is 23.5 Å². The Labute approximate surface area is 156 Å². The van der Waals surface area contributed by atoms with Gasteiger partial charge >= 0.3 is 0 Å². The van der Waals surface area contributed by atoms with Crippen LogP contribution in [0, 0.1) is 5.92 Å². The molecule has 0 bridgehead atoms. The van der Waals surface area contributed by atoms with Crippen LogP contribution in [0.25, 0.3) is 5.52 Å². The average molecular weight is 371 g/mol. The lowest BCUT2D eigenvalue weighted by Gasteiger charge is -2.05. The maximum Gasteiger partial charge on any atom is 0.292 e. The Bertz CT molecular complexity index is 965. The summed E-state index contributed by atoms with van der Waals surface area (Å²) in [7, 11) is 0. The van der Waals surface area contributed by atoms with Crippen LogP contribution >= 0.6 is 11.6 Å². The fourth-order valence-corrected chi connectivity index (χ4v) is 2.69. The molecule has 0 aliphatic heterocycles. The number of hydrogen-bond donors (Lipinski definition) is 2. The van der Waals surface area contributed by atoms with Crippen molar-refractivity contribution in [2.45, 2.75) is 13.8 Å². The minimum atomic E-state index is -0.420. The molecule has 2 amide bonds. The zero-order valence-electron chi connectivity index (χ0n) is 14.5. The van der Waals surface area contributed by atoms with Gasteiger partial charge < -0.3 is 10.6 Å². The maximum absolute atomic E-state index is 12.7. The molecule has 0 aliphatic carbocycles. The highest BCUT2D eigenvalue weighted by Gasteiger charge is 2.21. The first kappa shape index (κ1) is 17.9. The average Bonchev–Trinajstić information content (AvgIpc) is 2.99. The molecular formula is C19H19ClN4O2. The highest BCUT2D eigenvalue weighted by molar-refractivity contribution is 6.31. The van der Waals surface area contributed by atoms with E-state index in [2.05, 4.69) is 15.6 Å². The van der Waals surface area contributed by atoms with Gasteiger partial charge in [-0.3, -0.25) is 14.0 Å². The van der Waals surface area contributed by atoms with Crippen LogP contribution in [-0.2, 0) is 0 Å². The Morgan fingerprint density at radius 1 is 1.15 bits per heavy atom. The van der Waals surface area contributed by atoms with Crippen molar-refractivity contribution in [1.29, 1.82) is 0 Å². The molecule has 134 valence electrons. The first-order valence-electron chi connectivity index (χ1n) is 8.28. The molecular weight excluding hydrogens is 352 g/mol. The highest BCUT2D eigenvalue weighted by Crippen LogP contribution is 2.18. The highest BCUT2D eigenvalue weighted by atomic mass is 35.5. The Balaban J connectivity index is 1.93. The molecule has 0 fully saturated rings. The Kier molecular flexibility index (Phi) is 5.23. The first-order chi connectivity index (χ1) is 12.5. The number of nitrogens with one attached hydrogen (secondary N) is 2. The van der Waals surface area contributed by atoms with Gasteiger partial charge in [-0.05, 0) is 36.2 Å². The number of benzene rings is 1. The van der Waals surface area contributed by atoms with Crippen molar-refractivity contribution in [1.82, 2.24) is 14.7 Å². The van der Waals surface area contributed by atoms with E-state index in [1.54, 1.807) is 53.1 Å². The minimum absolute atomic E-state index is 0.135. The second-order valence-corrected chi connectivity index (χ2v) is 6.74. The lowest BCUT2D eigenvalue weighted by atomic mass is 10.2. The van der Waals surface area contributed by atoms with Crippen molar-refractivity contribution in [2.75, 3.05) is 11.9 Å². The van der Waals surface area contributed by atoms with E-state index in [0.29, 0.717) is 28.7 Å². The van der Waals surface area contributed by atoms with Gasteiger partial charge in [0.05, 0.1) is 5.52 Å². The number of fused-ring (bicyclic) bond motifs is 1. The van der Waals surface area contributed by atoms with Crippen LogP contribution in [0.15, 0.2) is 48.7 Å². The molecule has 0 unspecified atom stereocenters. The molecule has 6 nitrogen and oxygen atoms in total. The van der Waals surface area contributed by atoms with E-state index in [0.717, 1.165) is 0 Å². The fourth-order valence-electron chi connectivity index (χ4n) is 2.50. The predicted molar refractivity (Wildman–Crippen MR) is 102 cm³/mol. The minimum Gasteiger partial charge on any atom is -0.350 e. The summed E-state index contributed by atoms with van der Waals surface area (Å²) in [6.07, 6.45) is 1.70. The second kappa shape index (κ2) is 7.58. The zero-order chi connectivity index (χ0) is 18.7. The van der Waals surface area contributed by atoms with E-state index in [4.69, 9.17) is 11.6 Å². The number of rotatable bonds is 5. The number of hydrogen-bond acceptors (Lipinski definition) is 3. The summed E-state index contributed by atoms with van der Waals surface area (Å²) in [6, 6.07) is 12.2. The quantitative estimate of drug-likeness (QED) is 0.720. The number of amides is 2. The SMILES string of the molecule is CC(C)CNC(=O)c1nc(C(=O)Nc2cccc(Cl)c2)n2ccccc12. The van der Waals surface area contributed by atoms with Crippen molar-refractivity contribution in [3.05, 3.63) is 65.2 Å². The molecule has 0 aliphatic rings. The van der Waals surface area contributed by atoms with Gasteiger partial charge in [-0.2, -0.15) is 0 Å². The summed E-state index contributed by atoms with van der Waals surface area (Å²) in [6.45, 7) is 4.56.